The molecule has 0 spiro atoms. The van der Waals surface area contributed by atoms with Crippen LogP contribution in [0.1, 0.15) is 36.7 Å². The molecule has 0 aliphatic rings. The van der Waals surface area contributed by atoms with Gasteiger partial charge in [-0.15, -0.1) is 11.3 Å². The molecule has 6 nitrogen and oxygen atoms in total. The monoisotopic (exact) mass is 416 g/mol. The van der Waals surface area contributed by atoms with Crippen molar-refractivity contribution in [1.29, 1.82) is 5.26 Å². The van der Waals surface area contributed by atoms with E-state index in [0.29, 0.717) is 16.4 Å². The van der Waals surface area contributed by atoms with Crippen molar-refractivity contribution < 1.29 is 9.59 Å². The summed E-state index contributed by atoms with van der Waals surface area (Å²) in [6, 6.07) is 18.2. The smallest absolute Gasteiger partial charge is 0.244 e. The van der Waals surface area contributed by atoms with Crippen LogP contribution in [0, 0.1) is 11.3 Å². The lowest BCUT2D eigenvalue weighted by Gasteiger charge is -2.17. The van der Waals surface area contributed by atoms with Gasteiger partial charge in [-0.1, -0.05) is 30.3 Å². The van der Waals surface area contributed by atoms with Crippen LogP contribution in [0.25, 0.3) is 6.08 Å². The van der Waals surface area contributed by atoms with E-state index in [2.05, 4.69) is 16.4 Å². The minimum absolute atomic E-state index is 0.139. The van der Waals surface area contributed by atoms with Gasteiger partial charge in [-0.05, 0) is 42.8 Å². The molecular weight excluding hydrogens is 396 g/mol. The summed E-state index contributed by atoms with van der Waals surface area (Å²) < 4.78 is 0. The third-order valence-electron chi connectivity index (χ3n) is 4.33. The molecular formula is C23H20N4O2S. The second-order valence-corrected chi connectivity index (χ2v) is 7.38. The van der Waals surface area contributed by atoms with Gasteiger partial charge in [0.25, 0.3) is 0 Å². The quantitative estimate of drug-likeness (QED) is 0.596. The number of rotatable bonds is 6. The molecule has 1 unspecified atom stereocenters. The Morgan fingerprint density at radius 1 is 1.17 bits per heavy atom. The molecule has 0 fully saturated rings. The van der Waals surface area contributed by atoms with Gasteiger partial charge in [0, 0.05) is 18.4 Å². The van der Waals surface area contributed by atoms with Crippen LogP contribution >= 0.6 is 11.3 Å². The summed E-state index contributed by atoms with van der Waals surface area (Å²) >= 11 is 1.33. The molecule has 7 heteroatoms. The van der Waals surface area contributed by atoms with Gasteiger partial charge >= 0.3 is 0 Å². The SMILES string of the molecule is CC(=O)N(c1ccccc1)c1nc(/C=C/C(=O)NC(C)c2ccc(C#N)cc2)cs1. The van der Waals surface area contributed by atoms with E-state index >= 15 is 0 Å². The van der Waals surface area contributed by atoms with Gasteiger partial charge in [-0.3, -0.25) is 14.5 Å². The topological polar surface area (TPSA) is 86.1 Å². The molecule has 150 valence electrons. The van der Waals surface area contributed by atoms with E-state index < -0.39 is 0 Å². The number of aromatic nitrogens is 1. The van der Waals surface area contributed by atoms with Gasteiger partial charge in [-0.25, -0.2) is 4.98 Å². The summed E-state index contributed by atoms with van der Waals surface area (Å²) in [6.07, 6.45) is 3.03. The van der Waals surface area contributed by atoms with Crippen LogP contribution < -0.4 is 10.2 Å². The van der Waals surface area contributed by atoms with Crippen LogP contribution in [0.3, 0.4) is 0 Å². The number of carbonyl (C=O) groups excluding carboxylic acids is 2. The van der Waals surface area contributed by atoms with Gasteiger partial charge in [0.1, 0.15) is 0 Å². The molecule has 0 bridgehead atoms. The van der Waals surface area contributed by atoms with Crippen molar-refractivity contribution in [3.05, 3.63) is 82.9 Å². The van der Waals surface area contributed by atoms with Crippen molar-refractivity contribution in [3.8, 4) is 6.07 Å². The Labute approximate surface area is 179 Å². The zero-order valence-corrected chi connectivity index (χ0v) is 17.4. The van der Waals surface area contributed by atoms with Crippen molar-refractivity contribution in [2.45, 2.75) is 19.9 Å². The third-order valence-corrected chi connectivity index (χ3v) is 5.18. The highest BCUT2D eigenvalue weighted by Crippen LogP contribution is 2.29. The third kappa shape index (κ3) is 5.19. The number of anilines is 2. The molecule has 3 rings (SSSR count). The summed E-state index contributed by atoms with van der Waals surface area (Å²) in [5.74, 6) is -0.395. The summed E-state index contributed by atoms with van der Waals surface area (Å²) in [5, 5.41) is 14.1. The lowest BCUT2D eigenvalue weighted by atomic mass is 10.1. The van der Waals surface area contributed by atoms with E-state index in [4.69, 9.17) is 5.26 Å². The molecule has 2 amide bonds. The minimum Gasteiger partial charge on any atom is -0.346 e. The largest absolute Gasteiger partial charge is 0.346 e. The van der Waals surface area contributed by atoms with Gasteiger partial charge in [-0.2, -0.15) is 5.26 Å². The number of hydrogen-bond donors (Lipinski definition) is 1. The molecule has 1 aromatic heterocycles. The fraction of sp³-hybridized carbons (Fsp3) is 0.130. The van der Waals surface area contributed by atoms with Crippen molar-refractivity contribution >= 4 is 40.0 Å². The molecule has 1 heterocycles. The van der Waals surface area contributed by atoms with Gasteiger partial charge < -0.3 is 5.32 Å². The lowest BCUT2D eigenvalue weighted by Crippen LogP contribution is -2.24. The number of para-hydroxylation sites is 1. The highest BCUT2D eigenvalue weighted by Gasteiger charge is 2.17. The second-order valence-electron chi connectivity index (χ2n) is 6.54. The molecule has 0 saturated carbocycles. The predicted octanol–water partition coefficient (Wildman–Crippen LogP) is 4.59. The predicted molar refractivity (Wildman–Crippen MR) is 118 cm³/mol. The molecule has 0 saturated heterocycles. The van der Waals surface area contributed by atoms with Gasteiger partial charge in [0.2, 0.25) is 11.8 Å². The Bertz CT molecular complexity index is 1100. The first-order valence-electron chi connectivity index (χ1n) is 9.28. The average molecular weight is 417 g/mol. The molecule has 0 aliphatic carbocycles. The Balaban J connectivity index is 1.66. The van der Waals surface area contributed by atoms with Gasteiger partial charge in [0.15, 0.2) is 5.13 Å². The number of amides is 2. The van der Waals surface area contributed by atoms with Crippen LogP contribution in [-0.4, -0.2) is 16.8 Å². The Kier molecular flexibility index (Phi) is 6.73. The van der Waals surface area contributed by atoms with Crippen molar-refractivity contribution in [2.24, 2.45) is 0 Å². The van der Waals surface area contributed by atoms with Crippen LogP contribution in [0.5, 0.6) is 0 Å². The van der Waals surface area contributed by atoms with Crippen LogP contribution in [0.4, 0.5) is 10.8 Å². The van der Waals surface area contributed by atoms with Gasteiger partial charge in [0.05, 0.1) is 29.1 Å². The maximum atomic E-state index is 12.3. The molecule has 1 N–H and O–H groups in total. The molecule has 30 heavy (non-hydrogen) atoms. The average Bonchev–Trinajstić information content (AvgIpc) is 3.21. The number of thiazole rings is 1. The fourth-order valence-electron chi connectivity index (χ4n) is 2.81. The standard InChI is InChI=1S/C23H20N4O2S/c1-16(19-10-8-18(14-24)9-11-19)25-22(29)13-12-20-15-30-23(26-20)27(17(2)28)21-6-4-3-5-7-21/h3-13,15-16H,1-2H3,(H,25,29)/b13-12+. The first kappa shape index (κ1) is 21.0. The Morgan fingerprint density at radius 2 is 1.87 bits per heavy atom. The maximum absolute atomic E-state index is 12.3. The zero-order valence-electron chi connectivity index (χ0n) is 16.6. The number of nitrogens with one attached hydrogen (secondary N) is 1. The molecule has 0 radical (unpaired) electrons. The maximum Gasteiger partial charge on any atom is 0.244 e. The van der Waals surface area contributed by atoms with Crippen molar-refractivity contribution in [2.75, 3.05) is 4.90 Å². The van der Waals surface area contributed by atoms with E-state index in [0.717, 1.165) is 11.3 Å². The number of nitriles is 1. The normalized spacial score (nSPS) is 11.6. The fourth-order valence-corrected chi connectivity index (χ4v) is 3.67. The van der Waals surface area contributed by atoms with Crippen molar-refractivity contribution in [1.82, 2.24) is 10.3 Å². The van der Waals surface area contributed by atoms with E-state index in [-0.39, 0.29) is 17.9 Å². The Hall–Kier alpha value is -3.76. The number of hydrogen-bond acceptors (Lipinski definition) is 5. The lowest BCUT2D eigenvalue weighted by molar-refractivity contribution is -0.117. The van der Waals surface area contributed by atoms with Crippen LogP contribution in [-0.2, 0) is 9.59 Å². The first-order valence-corrected chi connectivity index (χ1v) is 10.2. The van der Waals surface area contributed by atoms with E-state index in [9.17, 15) is 9.59 Å². The summed E-state index contributed by atoms with van der Waals surface area (Å²) in [6.45, 7) is 3.36. The minimum atomic E-state index is -0.257. The van der Waals surface area contributed by atoms with Crippen LogP contribution in [0.2, 0.25) is 0 Å². The molecule has 3 aromatic rings. The van der Waals surface area contributed by atoms with Crippen molar-refractivity contribution in [3.63, 3.8) is 0 Å². The Morgan fingerprint density at radius 3 is 2.50 bits per heavy atom. The first-order chi connectivity index (χ1) is 14.5. The second kappa shape index (κ2) is 9.63. The molecule has 0 aliphatic heterocycles. The number of benzene rings is 2. The van der Waals surface area contributed by atoms with E-state index in [1.54, 1.807) is 23.6 Å². The number of nitrogens with zero attached hydrogens (tertiary/aromatic N) is 3. The zero-order chi connectivity index (χ0) is 21.5. The summed E-state index contributed by atoms with van der Waals surface area (Å²) in [4.78, 5) is 30.4. The van der Waals surface area contributed by atoms with E-state index in [1.165, 1.54) is 29.2 Å². The molecule has 2 aromatic carbocycles. The summed E-state index contributed by atoms with van der Waals surface area (Å²) in [7, 11) is 0. The highest BCUT2D eigenvalue weighted by molar-refractivity contribution is 7.14. The summed E-state index contributed by atoms with van der Waals surface area (Å²) in [5.41, 5.74) is 2.82. The highest BCUT2D eigenvalue weighted by atomic mass is 32.1. The van der Waals surface area contributed by atoms with Crippen LogP contribution in [0.15, 0.2) is 66.1 Å². The molecule has 1 atom stereocenters. The van der Waals surface area contributed by atoms with E-state index in [1.807, 2.05) is 49.4 Å². The number of carbonyl (C=O) groups is 2.